The average Bonchev–Trinajstić information content (AvgIpc) is 3.25. The van der Waals surface area contributed by atoms with Gasteiger partial charge in [0.2, 0.25) is 0 Å². The van der Waals surface area contributed by atoms with E-state index in [0.29, 0.717) is 15.7 Å². The van der Waals surface area contributed by atoms with E-state index in [1.165, 1.54) is 36.6 Å². The maximum Gasteiger partial charge on any atom is 0.337 e. The molecule has 0 aliphatic heterocycles. The van der Waals surface area contributed by atoms with Crippen LogP contribution in [0.25, 0.3) is 10.6 Å². The maximum atomic E-state index is 12.4. The van der Waals surface area contributed by atoms with Gasteiger partial charge in [-0.05, 0) is 18.2 Å². The summed E-state index contributed by atoms with van der Waals surface area (Å²) in [6, 6.07) is 4.50. The number of carbonyl (C=O) groups excluding carboxylic acids is 2. The number of rotatable bonds is 4. The number of esters is 1. The molecular formula is C16H13ClN4O3S. The molecule has 0 spiro atoms. The molecule has 1 N–H and O–H groups in total. The summed E-state index contributed by atoms with van der Waals surface area (Å²) in [7, 11) is 3.09. The minimum atomic E-state index is -0.514. The number of methoxy groups -OCH3 is 1. The number of halogens is 1. The van der Waals surface area contributed by atoms with E-state index in [4.69, 9.17) is 11.6 Å². The van der Waals surface area contributed by atoms with Crippen molar-refractivity contribution in [3.05, 3.63) is 52.3 Å². The first-order valence-corrected chi connectivity index (χ1v) is 8.37. The zero-order valence-corrected chi connectivity index (χ0v) is 14.9. The fourth-order valence-electron chi connectivity index (χ4n) is 2.09. The molecular weight excluding hydrogens is 364 g/mol. The van der Waals surface area contributed by atoms with E-state index < -0.39 is 11.9 Å². The number of benzene rings is 1. The van der Waals surface area contributed by atoms with Gasteiger partial charge in [0.25, 0.3) is 5.91 Å². The minimum Gasteiger partial charge on any atom is -0.465 e. The Kier molecular flexibility index (Phi) is 4.82. The van der Waals surface area contributed by atoms with Crippen LogP contribution in [0.3, 0.4) is 0 Å². The van der Waals surface area contributed by atoms with Crippen molar-refractivity contribution in [3.63, 3.8) is 0 Å². The number of anilines is 1. The molecule has 0 atom stereocenters. The van der Waals surface area contributed by atoms with Crippen molar-refractivity contribution < 1.29 is 14.3 Å². The van der Waals surface area contributed by atoms with E-state index in [2.05, 4.69) is 20.1 Å². The molecule has 0 radical (unpaired) electrons. The second-order valence-electron chi connectivity index (χ2n) is 5.08. The van der Waals surface area contributed by atoms with Crippen molar-refractivity contribution in [3.8, 4) is 10.6 Å². The lowest BCUT2D eigenvalue weighted by Gasteiger charge is -2.07. The number of nitrogens with one attached hydrogen (secondary N) is 1. The van der Waals surface area contributed by atoms with Crippen LogP contribution in [-0.2, 0) is 11.8 Å². The number of nitrogens with zero attached hydrogens (tertiary/aromatic N) is 3. The largest absolute Gasteiger partial charge is 0.465 e. The lowest BCUT2D eigenvalue weighted by Crippen LogP contribution is -2.13. The Morgan fingerprint density at radius 3 is 2.84 bits per heavy atom. The molecule has 0 bridgehead atoms. The van der Waals surface area contributed by atoms with Crippen LogP contribution in [-0.4, -0.2) is 33.8 Å². The standard InChI is InChI=1S/C16H13ClN4O3S/c1-21-7-10(6-18-21)15-20-13(8-25-15)14(22)19-12-5-9(16(23)24-2)3-4-11(12)17/h3-8H,1-2H3,(H,19,22). The molecule has 128 valence electrons. The number of aromatic nitrogens is 3. The molecule has 3 rings (SSSR count). The normalized spacial score (nSPS) is 10.5. The number of aryl methyl sites for hydroxylation is 1. The molecule has 1 amide bonds. The molecule has 25 heavy (non-hydrogen) atoms. The summed E-state index contributed by atoms with van der Waals surface area (Å²) >= 11 is 7.42. The van der Waals surface area contributed by atoms with Crippen molar-refractivity contribution in [2.75, 3.05) is 12.4 Å². The van der Waals surface area contributed by atoms with Crippen LogP contribution in [0, 0.1) is 0 Å². The number of hydrogen-bond donors (Lipinski definition) is 1. The first kappa shape index (κ1) is 17.1. The number of thiazole rings is 1. The molecule has 3 aromatic rings. The van der Waals surface area contributed by atoms with E-state index in [1.54, 1.807) is 23.3 Å². The first-order chi connectivity index (χ1) is 12.0. The van der Waals surface area contributed by atoms with Gasteiger partial charge in [0.05, 0.1) is 29.6 Å². The predicted octanol–water partition coefficient (Wildman–Crippen LogP) is 3.24. The molecule has 0 fully saturated rings. The average molecular weight is 377 g/mol. The van der Waals surface area contributed by atoms with E-state index in [-0.39, 0.29) is 11.3 Å². The highest BCUT2D eigenvalue weighted by Gasteiger charge is 2.16. The van der Waals surface area contributed by atoms with E-state index in [1.807, 2.05) is 6.20 Å². The fraction of sp³-hybridized carbons (Fsp3) is 0.125. The van der Waals surface area contributed by atoms with Crippen LogP contribution in [0.1, 0.15) is 20.8 Å². The lowest BCUT2D eigenvalue weighted by molar-refractivity contribution is 0.0600. The maximum absolute atomic E-state index is 12.4. The third-order valence-electron chi connectivity index (χ3n) is 3.32. The molecule has 0 aliphatic rings. The first-order valence-electron chi connectivity index (χ1n) is 7.11. The SMILES string of the molecule is COC(=O)c1ccc(Cl)c(NC(=O)c2csc(-c3cnn(C)c3)n2)c1. The van der Waals surface area contributed by atoms with E-state index in [0.717, 1.165) is 5.56 Å². The molecule has 1 aromatic carbocycles. The van der Waals surface area contributed by atoms with Crippen molar-refractivity contribution >= 4 is 40.5 Å². The second kappa shape index (κ2) is 7.04. The second-order valence-corrected chi connectivity index (χ2v) is 6.35. The Hall–Kier alpha value is -2.71. The number of hydrogen-bond acceptors (Lipinski definition) is 6. The minimum absolute atomic E-state index is 0.253. The summed E-state index contributed by atoms with van der Waals surface area (Å²) in [5, 5.41) is 9.39. The van der Waals surface area contributed by atoms with Crippen LogP contribution >= 0.6 is 22.9 Å². The van der Waals surface area contributed by atoms with Crippen LogP contribution in [0.15, 0.2) is 36.0 Å². The Bertz CT molecular complexity index is 951. The summed E-state index contributed by atoms with van der Waals surface area (Å²) in [6.45, 7) is 0. The van der Waals surface area contributed by atoms with Gasteiger partial charge < -0.3 is 10.1 Å². The summed E-state index contributed by atoms with van der Waals surface area (Å²) in [4.78, 5) is 28.3. The summed E-state index contributed by atoms with van der Waals surface area (Å²) < 4.78 is 6.32. The predicted molar refractivity (Wildman–Crippen MR) is 95.1 cm³/mol. The van der Waals surface area contributed by atoms with Gasteiger partial charge >= 0.3 is 5.97 Å². The Morgan fingerprint density at radius 1 is 1.36 bits per heavy atom. The van der Waals surface area contributed by atoms with Gasteiger partial charge in [-0.1, -0.05) is 11.6 Å². The van der Waals surface area contributed by atoms with Gasteiger partial charge in [-0.25, -0.2) is 9.78 Å². The zero-order valence-electron chi connectivity index (χ0n) is 13.3. The Morgan fingerprint density at radius 2 is 2.16 bits per heavy atom. The van der Waals surface area contributed by atoms with Gasteiger partial charge in [0.1, 0.15) is 10.7 Å². The van der Waals surface area contributed by atoms with Gasteiger partial charge in [-0.15, -0.1) is 11.3 Å². The van der Waals surface area contributed by atoms with E-state index >= 15 is 0 Å². The quantitative estimate of drug-likeness (QED) is 0.706. The molecule has 0 aliphatic carbocycles. The molecule has 2 heterocycles. The van der Waals surface area contributed by atoms with Gasteiger partial charge in [0.15, 0.2) is 0 Å². The lowest BCUT2D eigenvalue weighted by atomic mass is 10.2. The highest BCUT2D eigenvalue weighted by atomic mass is 35.5. The summed E-state index contributed by atoms with van der Waals surface area (Å²) in [6.07, 6.45) is 3.49. The van der Waals surface area contributed by atoms with Gasteiger partial charge in [0, 0.05) is 24.2 Å². The van der Waals surface area contributed by atoms with Crippen LogP contribution in [0.5, 0.6) is 0 Å². The van der Waals surface area contributed by atoms with E-state index in [9.17, 15) is 9.59 Å². The topological polar surface area (TPSA) is 86.1 Å². The van der Waals surface area contributed by atoms with Gasteiger partial charge in [-0.3, -0.25) is 9.48 Å². The molecule has 9 heteroatoms. The molecule has 0 unspecified atom stereocenters. The van der Waals surface area contributed by atoms with Crippen LogP contribution in [0.4, 0.5) is 5.69 Å². The number of amides is 1. The smallest absolute Gasteiger partial charge is 0.337 e. The molecule has 2 aromatic heterocycles. The van der Waals surface area contributed by atoms with Crippen molar-refractivity contribution in [1.82, 2.24) is 14.8 Å². The molecule has 0 saturated carbocycles. The summed E-state index contributed by atoms with van der Waals surface area (Å²) in [5.74, 6) is -0.935. The van der Waals surface area contributed by atoms with Crippen molar-refractivity contribution in [2.45, 2.75) is 0 Å². The van der Waals surface area contributed by atoms with Gasteiger partial charge in [-0.2, -0.15) is 5.10 Å². The number of ether oxygens (including phenoxy) is 1. The highest BCUT2D eigenvalue weighted by Crippen LogP contribution is 2.26. The van der Waals surface area contributed by atoms with Crippen molar-refractivity contribution in [2.24, 2.45) is 7.05 Å². The fourth-order valence-corrected chi connectivity index (χ4v) is 3.03. The Balaban J connectivity index is 1.81. The molecule has 7 nitrogen and oxygen atoms in total. The molecule has 0 saturated heterocycles. The monoisotopic (exact) mass is 376 g/mol. The highest BCUT2D eigenvalue weighted by molar-refractivity contribution is 7.13. The van der Waals surface area contributed by atoms with Crippen LogP contribution < -0.4 is 5.32 Å². The third kappa shape index (κ3) is 3.70. The van der Waals surface area contributed by atoms with Crippen LogP contribution in [0.2, 0.25) is 5.02 Å². The third-order valence-corrected chi connectivity index (χ3v) is 4.55. The summed E-state index contributed by atoms with van der Waals surface area (Å²) in [5.41, 5.74) is 1.68. The van der Waals surface area contributed by atoms with Crippen molar-refractivity contribution in [1.29, 1.82) is 0 Å². The zero-order chi connectivity index (χ0) is 18.0. The Labute approximate surface area is 152 Å². The number of carbonyl (C=O) groups is 2.